The highest BCUT2D eigenvalue weighted by Gasteiger charge is 2.29. The first-order chi connectivity index (χ1) is 26.3. The zero-order valence-electron chi connectivity index (χ0n) is 28.4. The topological polar surface area (TPSA) is 149 Å². The average molecular weight is 705 g/mol. The van der Waals surface area contributed by atoms with E-state index >= 15 is 0 Å². The number of carbonyl (C=O) groups excluding carboxylic acids is 1. The highest BCUT2D eigenvalue weighted by molar-refractivity contribution is 6.22. The van der Waals surface area contributed by atoms with Gasteiger partial charge < -0.3 is 20.2 Å². The Labute approximate surface area is 308 Å². The fraction of sp³-hybridized carbons (Fsp3) is 0. The minimum Gasteiger partial charge on any atom is -0.478 e. The number of benzene rings is 6. The Kier molecular flexibility index (Phi) is 7.67. The Hall–Kier alpha value is -7.65. The molecule has 2 heterocycles. The van der Waals surface area contributed by atoms with Crippen molar-refractivity contribution in [3.63, 3.8) is 0 Å². The van der Waals surface area contributed by atoms with E-state index in [0.29, 0.717) is 28.5 Å². The van der Waals surface area contributed by atoms with E-state index in [0.717, 1.165) is 61.6 Å². The molecule has 2 aromatic heterocycles. The van der Waals surface area contributed by atoms with Gasteiger partial charge in [-0.15, -0.1) is 0 Å². The largest absolute Gasteiger partial charge is 0.478 e. The van der Waals surface area contributed by atoms with E-state index in [-0.39, 0.29) is 16.9 Å². The number of carboxylic acids is 2. The second-order valence-corrected chi connectivity index (χ2v) is 13.0. The van der Waals surface area contributed by atoms with Crippen LogP contribution in [0.15, 0.2) is 146 Å². The predicted molar refractivity (Wildman–Crippen MR) is 206 cm³/mol. The number of fused-ring (bicyclic) bond motifs is 3. The molecule has 0 bridgehead atoms. The summed E-state index contributed by atoms with van der Waals surface area (Å²) < 4.78 is 0. The third kappa shape index (κ3) is 5.57. The number of carboxylic acid groups (broad SMARTS) is 2. The molecule has 54 heavy (non-hydrogen) atoms. The van der Waals surface area contributed by atoms with Gasteiger partial charge >= 0.3 is 11.9 Å². The maximum Gasteiger partial charge on any atom is 0.335 e. The molecule has 0 unspecified atom stereocenters. The highest BCUT2D eigenvalue weighted by Crippen LogP contribution is 2.43. The van der Waals surface area contributed by atoms with E-state index in [9.17, 15) is 24.6 Å². The van der Waals surface area contributed by atoms with Crippen molar-refractivity contribution in [2.45, 2.75) is 0 Å². The molecule has 4 N–H and O–H groups in total. The zero-order valence-corrected chi connectivity index (χ0v) is 28.4. The summed E-state index contributed by atoms with van der Waals surface area (Å²) in [7, 11) is 0. The van der Waals surface area contributed by atoms with Crippen LogP contribution in [0.2, 0.25) is 0 Å². The molecule has 0 saturated carbocycles. The molecule has 0 radical (unpaired) electrons. The van der Waals surface area contributed by atoms with Gasteiger partial charge in [-0.2, -0.15) is 0 Å². The van der Waals surface area contributed by atoms with Gasteiger partial charge in [0.1, 0.15) is 11.6 Å². The number of aromatic carboxylic acids is 2. The normalized spacial score (nSPS) is 11.7. The van der Waals surface area contributed by atoms with E-state index in [2.05, 4.69) is 9.97 Å². The van der Waals surface area contributed by atoms with Crippen LogP contribution in [-0.4, -0.2) is 47.9 Å². The number of aromatic nitrogens is 4. The van der Waals surface area contributed by atoms with Crippen LogP contribution in [-0.2, 0) is 0 Å². The lowest BCUT2D eigenvalue weighted by atomic mass is 9.97. The van der Waals surface area contributed by atoms with Crippen LogP contribution in [0.3, 0.4) is 0 Å². The minimum absolute atomic E-state index is 0.0604. The molecule has 9 rings (SSSR count). The lowest BCUT2D eigenvalue weighted by Crippen LogP contribution is -1.95. The maximum atomic E-state index is 13.8. The lowest BCUT2D eigenvalue weighted by Gasteiger charge is -2.08. The molecule has 9 nitrogen and oxygen atoms in total. The van der Waals surface area contributed by atoms with Crippen molar-refractivity contribution in [1.29, 1.82) is 0 Å². The third-order valence-electron chi connectivity index (χ3n) is 9.71. The van der Waals surface area contributed by atoms with E-state index in [1.54, 1.807) is 48.5 Å². The Morgan fingerprint density at radius 3 is 1.33 bits per heavy atom. The van der Waals surface area contributed by atoms with Crippen molar-refractivity contribution in [2.24, 2.45) is 0 Å². The summed E-state index contributed by atoms with van der Waals surface area (Å²) in [6.07, 6.45) is 0. The lowest BCUT2D eigenvalue weighted by molar-refractivity contribution is 0.0686. The first-order valence-electron chi connectivity index (χ1n) is 17.1. The molecule has 0 spiro atoms. The number of hydrogen-bond acceptors (Lipinski definition) is 5. The first kappa shape index (κ1) is 32.3. The summed E-state index contributed by atoms with van der Waals surface area (Å²) in [5, 5.41) is 18.8. The molecule has 0 atom stereocenters. The quantitative estimate of drug-likeness (QED) is 0.123. The molecule has 0 fully saturated rings. The second-order valence-electron chi connectivity index (χ2n) is 13.0. The number of H-pyrrole nitrogens is 2. The summed E-state index contributed by atoms with van der Waals surface area (Å²) in [5.41, 5.74) is 11.0. The molecular weight excluding hydrogens is 677 g/mol. The maximum absolute atomic E-state index is 13.8. The number of nitrogens with zero attached hydrogens (tertiary/aromatic N) is 2. The highest BCUT2D eigenvalue weighted by atomic mass is 16.4. The van der Waals surface area contributed by atoms with Crippen molar-refractivity contribution >= 4 is 17.7 Å². The van der Waals surface area contributed by atoms with Gasteiger partial charge in [0.05, 0.1) is 33.9 Å². The molecule has 0 saturated heterocycles. The Balaban J connectivity index is 1.16. The van der Waals surface area contributed by atoms with Gasteiger partial charge in [-0.1, -0.05) is 97.1 Å². The summed E-state index contributed by atoms with van der Waals surface area (Å²) in [4.78, 5) is 53.7. The van der Waals surface area contributed by atoms with E-state index in [4.69, 9.17) is 9.97 Å². The molecule has 1 aliphatic rings. The smallest absolute Gasteiger partial charge is 0.335 e. The molecule has 8 aromatic rings. The Morgan fingerprint density at radius 2 is 0.833 bits per heavy atom. The van der Waals surface area contributed by atoms with Crippen molar-refractivity contribution in [2.75, 3.05) is 0 Å². The van der Waals surface area contributed by atoms with Gasteiger partial charge in [-0.05, 0) is 59.7 Å². The molecular formula is C45H28N4O5. The van der Waals surface area contributed by atoms with Crippen LogP contribution in [0.4, 0.5) is 0 Å². The van der Waals surface area contributed by atoms with E-state index in [1.807, 2.05) is 97.1 Å². The summed E-state index contributed by atoms with van der Waals surface area (Å²) >= 11 is 0. The van der Waals surface area contributed by atoms with Crippen LogP contribution >= 0.6 is 0 Å². The first-order valence-corrected chi connectivity index (χ1v) is 17.1. The van der Waals surface area contributed by atoms with Gasteiger partial charge in [0.2, 0.25) is 0 Å². The number of nitrogens with one attached hydrogen (secondary N) is 2. The SMILES string of the molecule is O=C(O)c1ccc(-c2nc(-c3ccc4c(c3)-c3cc(-c5[nH]c(-c6ccc(C(=O)O)cc6)nc5-c5ccccc5)ccc3C4=O)c(-c3ccccc3)[nH]2)cc1. The number of aromatic amines is 2. The van der Waals surface area contributed by atoms with Crippen molar-refractivity contribution < 1.29 is 24.6 Å². The van der Waals surface area contributed by atoms with Crippen molar-refractivity contribution in [3.8, 4) is 78.9 Å². The summed E-state index contributed by atoms with van der Waals surface area (Å²) in [6, 6.07) is 44.3. The number of imidazole rings is 2. The van der Waals surface area contributed by atoms with Gasteiger partial charge in [0, 0.05) is 44.5 Å². The predicted octanol–water partition coefficient (Wildman–Crippen LogP) is 9.74. The molecule has 9 heteroatoms. The fourth-order valence-corrected chi connectivity index (χ4v) is 6.98. The molecule has 0 aliphatic heterocycles. The number of hydrogen-bond donors (Lipinski definition) is 4. The molecule has 258 valence electrons. The Bertz CT molecular complexity index is 2580. The summed E-state index contributed by atoms with van der Waals surface area (Å²) in [6.45, 7) is 0. The summed E-state index contributed by atoms with van der Waals surface area (Å²) in [5.74, 6) is -0.894. The molecule has 6 aromatic carbocycles. The molecule has 1 aliphatic carbocycles. The van der Waals surface area contributed by atoms with Crippen LogP contribution < -0.4 is 0 Å². The van der Waals surface area contributed by atoms with Gasteiger partial charge in [0.15, 0.2) is 5.78 Å². The number of carbonyl (C=O) groups is 3. The zero-order chi connectivity index (χ0) is 36.9. The van der Waals surface area contributed by atoms with Crippen LogP contribution in [0, 0.1) is 0 Å². The Morgan fingerprint density at radius 1 is 0.426 bits per heavy atom. The van der Waals surface area contributed by atoms with Crippen molar-refractivity contribution in [3.05, 3.63) is 168 Å². The van der Waals surface area contributed by atoms with Gasteiger partial charge in [0.25, 0.3) is 0 Å². The third-order valence-corrected chi connectivity index (χ3v) is 9.71. The fourth-order valence-electron chi connectivity index (χ4n) is 6.98. The second kappa shape index (κ2) is 12.8. The number of ketones is 1. The van der Waals surface area contributed by atoms with Gasteiger partial charge in [-0.3, -0.25) is 4.79 Å². The van der Waals surface area contributed by atoms with Crippen LogP contribution in [0.5, 0.6) is 0 Å². The monoisotopic (exact) mass is 704 g/mol. The van der Waals surface area contributed by atoms with Crippen molar-refractivity contribution in [1.82, 2.24) is 19.9 Å². The minimum atomic E-state index is -1.00. The molecule has 0 amide bonds. The van der Waals surface area contributed by atoms with Crippen LogP contribution in [0.1, 0.15) is 36.6 Å². The number of rotatable bonds is 8. The van der Waals surface area contributed by atoms with E-state index in [1.165, 1.54) is 0 Å². The van der Waals surface area contributed by atoms with E-state index < -0.39 is 11.9 Å². The standard InChI is InChI=1S/C45H28N4O5/c50-41-33-21-19-31(39-37(25-7-3-1-4-8-25)46-42(48-39)27-11-15-29(16-12-27)44(51)52)23-35(33)36-24-32(20-22-34(36)41)40-38(26-9-5-2-6-10-26)47-43(49-40)28-13-17-30(18-14-28)45(53)54/h1-24H,(H,46,48)(H,47,49)(H,51,52)(H,53,54). The van der Waals surface area contributed by atoms with Gasteiger partial charge in [-0.25, -0.2) is 19.6 Å². The average Bonchev–Trinajstić information content (AvgIpc) is 3.94. The van der Waals surface area contributed by atoms with Crippen LogP contribution in [0.25, 0.3) is 78.9 Å².